The van der Waals surface area contributed by atoms with Crippen molar-refractivity contribution in [3.63, 3.8) is 0 Å². The Hall–Kier alpha value is -3.56. The Morgan fingerprint density at radius 2 is 1.49 bits per heavy atom. The number of methoxy groups -OCH3 is 3. The normalized spacial score (nSPS) is 13.2. The molecule has 3 aromatic carbocycles. The summed E-state index contributed by atoms with van der Waals surface area (Å²) in [6, 6.07) is 16.4. The van der Waals surface area contributed by atoms with Gasteiger partial charge in [-0.15, -0.1) is 0 Å². The van der Waals surface area contributed by atoms with Crippen molar-refractivity contribution in [2.75, 3.05) is 48.5 Å². The minimum atomic E-state index is -3.66. The van der Waals surface area contributed by atoms with Gasteiger partial charge in [0.2, 0.25) is 12.5 Å². The van der Waals surface area contributed by atoms with Crippen molar-refractivity contribution in [3.05, 3.63) is 76.9 Å². The van der Waals surface area contributed by atoms with Gasteiger partial charge in [0.15, 0.2) is 28.8 Å². The lowest BCUT2D eigenvalue weighted by atomic mass is 9.93. The Morgan fingerprint density at radius 3 is 2.05 bits per heavy atom. The summed E-state index contributed by atoms with van der Waals surface area (Å²) in [5.41, 5.74) is 2.23. The zero-order valence-electron chi connectivity index (χ0n) is 22.4. The molecule has 1 unspecified atom stereocenters. The molecule has 1 atom stereocenters. The van der Waals surface area contributed by atoms with Crippen LogP contribution in [-0.2, 0) is 25.0 Å². The predicted molar refractivity (Wildman–Crippen MR) is 143 cm³/mol. The van der Waals surface area contributed by atoms with Crippen molar-refractivity contribution >= 4 is 13.4 Å². The van der Waals surface area contributed by atoms with Gasteiger partial charge in [-0.05, 0) is 41.0 Å². The van der Waals surface area contributed by atoms with Crippen molar-refractivity contribution in [1.82, 2.24) is 0 Å². The van der Waals surface area contributed by atoms with E-state index in [1.165, 1.54) is 35.5 Å². The highest BCUT2D eigenvalue weighted by Gasteiger charge is 2.33. The molecule has 0 saturated heterocycles. The van der Waals surface area contributed by atoms with Crippen molar-refractivity contribution in [3.8, 4) is 28.7 Å². The van der Waals surface area contributed by atoms with E-state index >= 15 is 0 Å². The van der Waals surface area contributed by atoms with Gasteiger partial charge >= 0.3 is 7.60 Å². The van der Waals surface area contributed by atoms with Gasteiger partial charge < -0.3 is 37.5 Å². The number of carbonyl (C=O) groups excluding carboxylic acids is 1. The average molecular weight is 559 g/mol. The molecule has 1 aliphatic heterocycles. The van der Waals surface area contributed by atoms with Crippen LogP contribution in [0.5, 0.6) is 28.7 Å². The fraction of sp³-hybridized carbons (Fsp3) is 0.321. The van der Waals surface area contributed by atoms with Gasteiger partial charge in [-0.2, -0.15) is 0 Å². The molecule has 0 N–H and O–H groups in total. The molecule has 4 rings (SSSR count). The average Bonchev–Trinajstić information content (AvgIpc) is 3.44. The molecule has 39 heavy (non-hydrogen) atoms. The summed E-state index contributed by atoms with van der Waals surface area (Å²) in [5.74, 6) is 1.60. The highest BCUT2D eigenvalue weighted by molar-refractivity contribution is 7.54. The molecule has 3 aromatic rings. The quantitative estimate of drug-likeness (QED) is 0.199. The minimum Gasteiger partial charge on any atom is -0.493 e. The fourth-order valence-corrected chi connectivity index (χ4v) is 5.18. The molecule has 0 aromatic heterocycles. The Morgan fingerprint density at radius 1 is 0.872 bits per heavy atom. The second-order valence-electron chi connectivity index (χ2n) is 8.49. The van der Waals surface area contributed by atoms with Crippen LogP contribution in [0.2, 0.25) is 0 Å². The monoisotopic (exact) mass is 558 g/mol. The number of hydrogen-bond acceptors (Lipinski definition) is 10. The number of carbonyl (C=O) groups is 1. The largest absolute Gasteiger partial charge is 0.493 e. The zero-order chi connectivity index (χ0) is 28.0. The SMILES string of the molecule is COc1cc(C(OCc2ccccc2)c2cc3c(cc2C(=O)CP(=O)(OC)OC)OCO3)cc(OC)c1OC. The second-order valence-corrected chi connectivity index (χ2v) is 10.8. The van der Waals surface area contributed by atoms with Crippen LogP contribution in [0.15, 0.2) is 54.6 Å². The van der Waals surface area contributed by atoms with Gasteiger partial charge in [-0.25, -0.2) is 0 Å². The molecule has 0 bridgehead atoms. The molecule has 1 aliphatic rings. The first-order valence-electron chi connectivity index (χ1n) is 12.0. The summed E-state index contributed by atoms with van der Waals surface area (Å²) < 4.78 is 57.2. The van der Waals surface area contributed by atoms with Gasteiger partial charge in [0.1, 0.15) is 12.3 Å². The van der Waals surface area contributed by atoms with E-state index in [2.05, 4.69) is 0 Å². The number of hydrogen-bond donors (Lipinski definition) is 0. The molecule has 208 valence electrons. The summed E-state index contributed by atoms with van der Waals surface area (Å²) in [7, 11) is 3.36. The van der Waals surface area contributed by atoms with Crippen molar-refractivity contribution in [2.24, 2.45) is 0 Å². The van der Waals surface area contributed by atoms with Crippen LogP contribution in [0, 0.1) is 0 Å². The Balaban J connectivity index is 1.88. The van der Waals surface area contributed by atoms with E-state index in [0.29, 0.717) is 39.9 Å². The third-order valence-electron chi connectivity index (χ3n) is 6.27. The summed E-state index contributed by atoms with van der Waals surface area (Å²) in [6.45, 7) is 0.222. The first kappa shape index (κ1) is 28.4. The van der Waals surface area contributed by atoms with Crippen LogP contribution in [0.25, 0.3) is 0 Å². The third kappa shape index (κ3) is 6.20. The smallest absolute Gasteiger partial charge is 0.337 e. The van der Waals surface area contributed by atoms with Crippen LogP contribution in [0.3, 0.4) is 0 Å². The molecule has 0 fully saturated rings. The zero-order valence-corrected chi connectivity index (χ0v) is 23.3. The van der Waals surface area contributed by atoms with E-state index in [1.54, 1.807) is 24.3 Å². The van der Waals surface area contributed by atoms with Gasteiger partial charge in [-0.3, -0.25) is 9.36 Å². The van der Waals surface area contributed by atoms with Crippen LogP contribution in [-0.4, -0.2) is 54.3 Å². The van der Waals surface area contributed by atoms with Crippen molar-refractivity contribution in [2.45, 2.75) is 12.7 Å². The van der Waals surface area contributed by atoms with E-state index in [4.69, 9.17) is 37.5 Å². The van der Waals surface area contributed by atoms with Crippen molar-refractivity contribution in [1.29, 1.82) is 0 Å². The topological polar surface area (TPSA) is 108 Å². The molecule has 0 spiro atoms. The number of Topliss-reactive ketones (excluding diaryl/α,β-unsaturated/α-hetero) is 1. The molecular weight excluding hydrogens is 527 g/mol. The molecule has 10 nitrogen and oxygen atoms in total. The third-order valence-corrected chi connectivity index (χ3v) is 8.06. The van der Waals surface area contributed by atoms with E-state index < -0.39 is 25.6 Å². The highest BCUT2D eigenvalue weighted by Crippen LogP contribution is 2.49. The van der Waals surface area contributed by atoms with Crippen LogP contribution in [0.1, 0.15) is 33.2 Å². The van der Waals surface area contributed by atoms with E-state index in [0.717, 1.165) is 5.56 Å². The van der Waals surface area contributed by atoms with Crippen LogP contribution >= 0.6 is 7.60 Å². The number of fused-ring (bicyclic) bond motifs is 1. The van der Waals surface area contributed by atoms with Gasteiger partial charge in [0.25, 0.3) is 0 Å². The van der Waals surface area contributed by atoms with Crippen molar-refractivity contribution < 1.29 is 46.8 Å². The molecule has 0 saturated carbocycles. The lowest BCUT2D eigenvalue weighted by Crippen LogP contribution is -2.16. The maximum atomic E-state index is 13.6. The Kier molecular flexibility index (Phi) is 9.14. The van der Waals surface area contributed by atoms with Gasteiger partial charge in [0, 0.05) is 19.8 Å². The standard InChI is InChI=1S/C28H31O10P/c1-31-25-11-19(12-26(32-2)28(25)33-3)27(36-15-18-9-7-6-8-10-18)21-14-24-23(37-17-38-24)13-20(21)22(29)16-39(30,34-4)35-5/h6-14,27H,15-17H2,1-5H3. The lowest BCUT2D eigenvalue weighted by molar-refractivity contribution is 0.0651. The summed E-state index contributed by atoms with van der Waals surface area (Å²) in [4.78, 5) is 13.6. The molecule has 1 heterocycles. The number of benzene rings is 3. The Bertz CT molecular complexity index is 1320. The van der Waals surface area contributed by atoms with Crippen LogP contribution < -0.4 is 23.7 Å². The minimum absolute atomic E-state index is 0.000767. The van der Waals surface area contributed by atoms with Crippen LogP contribution in [0.4, 0.5) is 0 Å². The number of ketones is 1. The Labute approximate surface area is 227 Å². The van der Waals surface area contributed by atoms with E-state index in [9.17, 15) is 9.36 Å². The van der Waals surface area contributed by atoms with E-state index in [-0.39, 0.29) is 19.0 Å². The maximum absolute atomic E-state index is 13.6. The first-order valence-corrected chi connectivity index (χ1v) is 13.7. The van der Waals surface area contributed by atoms with Gasteiger partial charge in [-0.1, -0.05) is 30.3 Å². The number of ether oxygens (including phenoxy) is 6. The lowest BCUT2D eigenvalue weighted by Gasteiger charge is -2.24. The van der Waals surface area contributed by atoms with Gasteiger partial charge in [0.05, 0.1) is 27.9 Å². The van der Waals surface area contributed by atoms with E-state index in [1.807, 2.05) is 30.3 Å². The number of rotatable bonds is 13. The fourth-order valence-electron chi connectivity index (χ4n) is 4.25. The summed E-state index contributed by atoms with van der Waals surface area (Å²) in [5, 5.41) is 0. The molecule has 0 radical (unpaired) electrons. The summed E-state index contributed by atoms with van der Waals surface area (Å²) >= 11 is 0. The molecular formula is C28H31O10P. The molecule has 11 heteroatoms. The maximum Gasteiger partial charge on any atom is 0.337 e. The molecule has 0 aliphatic carbocycles. The highest BCUT2D eigenvalue weighted by atomic mass is 31.2. The first-order chi connectivity index (χ1) is 18.9. The second kappa shape index (κ2) is 12.5. The summed E-state index contributed by atoms with van der Waals surface area (Å²) in [6.07, 6.45) is -1.29. The molecule has 0 amide bonds. The predicted octanol–water partition coefficient (Wildman–Crippen LogP) is 5.42.